The predicted molar refractivity (Wildman–Crippen MR) is 84.6 cm³/mol. The van der Waals surface area contributed by atoms with Gasteiger partial charge in [0.15, 0.2) is 0 Å². The molecule has 0 fully saturated rings. The van der Waals surface area contributed by atoms with Gasteiger partial charge in [-0.05, 0) is 43.2 Å². The average molecular weight is 278 g/mol. The summed E-state index contributed by atoms with van der Waals surface area (Å²) in [6, 6.07) is 14.2. The molecule has 0 bridgehead atoms. The zero-order chi connectivity index (χ0) is 14.5. The van der Waals surface area contributed by atoms with Crippen LogP contribution in [0, 0.1) is 6.92 Å². The van der Waals surface area contributed by atoms with E-state index < -0.39 is 0 Å². The Morgan fingerprint density at radius 2 is 1.81 bits per heavy atom. The van der Waals surface area contributed by atoms with Crippen LogP contribution >= 0.6 is 0 Å². The minimum absolute atomic E-state index is 0.882. The van der Waals surface area contributed by atoms with Crippen LogP contribution in [0.5, 0.6) is 0 Å². The summed E-state index contributed by atoms with van der Waals surface area (Å²) in [5.74, 6) is 0.882. The second kappa shape index (κ2) is 6.22. The van der Waals surface area contributed by atoms with Gasteiger partial charge in [-0.15, -0.1) is 0 Å². The van der Waals surface area contributed by atoms with E-state index >= 15 is 0 Å². The normalized spacial score (nSPS) is 10.5. The number of hydrogen-bond acceptors (Lipinski definition) is 3. The first kappa shape index (κ1) is 13.4. The number of rotatable bonds is 5. The first-order valence-electron chi connectivity index (χ1n) is 7.06. The maximum atomic E-state index is 4.56. The summed E-state index contributed by atoms with van der Waals surface area (Å²) in [7, 11) is 0. The number of benzene rings is 1. The van der Waals surface area contributed by atoms with E-state index in [1.165, 1.54) is 5.56 Å². The molecule has 0 spiro atoms. The smallest absolute Gasteiger partial charge is 0.207 e. The molecular weight excluding hydrogens is 260 g/mol. The van der Waals surface area contributed by atoms with Crippen LogP contribution in [0.1, 0.15) is 11.3 Å². The summed E-state index contributed by atoms with van der Waals surface area (Å²) >= 11 is 0. The minimum Gasteiger partial charge on any atom is -0.326 e. The van der Waals surface area contributed by atoms with Crippen LogP contribution in [-0.4, -0.2) is 14.5 Å². The number of aromatic nitrogens is 3. The molecule has 0 radical (unpaired) electrons. The lowest BCUT2D eigenvalue weighted by atomic mass is 10.2. The minimum atomic E-state index is 0.882. The lowest BCUT2D eigenvalue weighted by molar-refractivity contribution is 0.703. The fraction of sp³-hybridized carbons (Fsp3) is 0.176. The van der Waals surface area contributed by atoms with Gasteiger partial charge in [-0.25, -0.2) is 4.98 Å². The second-order valence-corrected chi connectivity index (χ2v) is 5.00. The zero-order valence-electron chi connectivity index (χ0n) is 12.0. The van der Waals surface area contributed by atoms with Crippen LogP contribution in [0.25, 0.3) is 0 Å². The summed E-state index contributed by atoms with van der Waals surface area (Å²) < 4.78 is 2.16. The van der Waals surface area contributed by atoms with E-state index in [2.05, 4.69) is 26.0 Å². The Bertz CT molecular complexity index is 689. The first-order valence-corrected chi connectivity index (χ1v) is 7.06. The maximum absolute atomic E-state index is 4.56. The number of pyridine rings is 1. The molecule has 0 saturated carbocycles. The fourth-order valence-corrected chi connectivity index (χ4v) is 2.27. The van der Waals surface area contributed by atoms with Crippen molar-refractivity contribution in [1.82, 2.24) is 14.5 Å². The SMILES string of the molecule is Cc1cn(CCc2ccncc2)c(Nc2ccccc2)n1. The Morgan fingerprint density at radius 1 is 1.05 bits per heavy atom. The number of anilines is 2. The van der Waals surface area contributed by atoms with Gasteiger partial charge >= 0.3 is 0 Å². The third kappa shape index (κ3) is 3.48. The monoisotopic (exact) mass is 278 g/mol. The third-order valence-electron chi connectivity index (χ3n) is 3.32. The van der Waals surface area contributed by atoms with Crippen molar-refractivity contribution < 1.29 is 0 Å². The van der Waals surface area contributed by atoms with Crippen molar-refractivity contribution >= 4 is 11.6 Å². The number of para-hydroxylation sites is 1. The molecule has 2 aromatic heterocycles. The van der Waals surface area contributed by atoms with Crippen LogP contribution in [0.2, 0.25) is 0 Å². The van der Waals surface area contributed by atoms with Gasteiger partial charge in [0.1, 0.15) is 0 Å². The molecule has 21 heavy (non-hydrogen) atoms. The molecule has 1 N–H and O–H groups in total. The van der Waals surface area contributed by atoms with Gasteiger partial charge < -0.3 is 9.88 Å². The summed E-state index contributed by atoms with van der Waals surface area (Å²) in [5.41, 5.74) is 3.35. The molecule has 0 aliphatic carbocycles. The largest absolute Gasteiger partial charge is 0.326 e. The molecule has 1 aromatic carbocycles. The van der Waals surface area contributed by atoms with E-state index in [0.717, 1.165) is 30.3 Å². The number of hydrogen-bond donors (Lipinski definition) is 1. The Hall–Kier alpha value is -2.62. The van der Waals surface area contributed by atoms with Gasteiger partial charge in [0.25, 0.3) is 0 Å². The van der Waals surface area contributed by atoms with E-state index in [1.807, 2.05) is 61.8 Å². The van der Waals surface area contributed by atoms with E-state index in [4.69, 9.17) is 0 Å². The molecule has 4 heteroatoms. The fourth-order valence-electron chi connectivity index (χ4n) is 2.27. The zero-order valence-corrected chi connectivity index (χ0v) is 12.0. The molecule has 3 rings (SSSR count). The molecule has 2 heterocycles. The lowest BCUT2D eigenvalue weighted by Gasteiger charge is -2.09. The molecule has 0 atom stereocenters. The lowest BCUT2D eigenvalue weighted by Crippen LogP contribution is -2.05. The van der Waals surface area contributed by atoms with Crippen molar-refractivity contribution in [2.75, 3.05) is 5.32 Å². The molecule has 0 amide bonds. The van der Waals surface area contributed by atoms with Crippen LogP contribution in [0.4, 0.5) is 11.6 Å². The highest BCUT2D eigenvalue weighted by Gasteiger charge is 2.06. The highest BCUT2D eigenvalue weighted by Crippen LogP contribution is 2.16. The van der Waals surface area contributed by atoms with E-state index in [-0.39, 0.29) is 0 Å². The Kier molecular flexibility index (Phi) is 3.96. The predicted octanol–water partition coefficient (Wildman–Crippen LogP) is 3.57. The van der Waals surface area contributed by atoms with Gasteiger partial charge in [-0.1, -0.05) is 18.2 Å². The van der Waals surface area contributed by atoms with Gasteiger partial charge in [-0.3, -0.25) is 4.98 Å². The van der Waals surface area contributed by atoms with E-state index in [9.17, 15) is 0 Å². The van der Waals surface area contributed by atoms with E-state index in [0.29, 0.717) is 0 Å². The van der Waals surface area contributed by atoms with Crippen molar-refractivity contribution in [3.8, 4) is 0 Å². The number of nitrogens with zero attached hydrogens (tertiary/aromatic N) is 3. The number of imidazole rings is 1. The van der Waals surface area contributed by atoms with Gasteiger partial charge in [0, 0.05) is 30.8 Å². The van der Waals surface area contributed by atoms with Gasteiger partial charge in [0.2, 0.25) is 5.95 Å². The van der Waals surface area contributed by atoms with Crippen molar-refractivity contribution in [2.45, 2.75) is 19.9 Å². The Balaban J connectivity index is 1.73. The van der Waals surface area contributed by atoms with Gasteiger partial charge in [0.05, 0.1) is 5.69 Å². The summed E-state index contributed by atoms with van der Waals surface area (Å²) in [5, 5.41) is 3.37. The maximum Gasteiger partial charge on any atom is 0.207 e. The van der Waals surface area contributed by atoms with Crippen molar-refractivity contribution in [3.05, 3.63) is 72.3 Å². The van der Waals surface area contributed by atoms with Crippen LogP contribution in [-0.2, 0) is 13.0 Å². The summed E-state index contributed by atoms with van der Waals surface area (Å²) in [4.78, 5) is 8.60. The Labute approximate surface area is 124 Å². The molecule has 0 aliphatic heterocycles. The van der Waals surface area contributed by atoms with Crippen LogP contribution in [0.3, 0.4) is 0 Å². The summed E-state index contributed by atoms with van der Waals surface area (Å²) in [6.07, 6.45) is 6.70. The molecular formula is C17H18N4. The molecule has 4 nitrogen and oxygen atoms in total. The van der Waals surface area contributed by atoms with Crippen LogP contribution < -0.4 is 5.32 Å². The highest BCUT2D eigenvalue weighted by atomic mass is 15.2. The summed E-state index contributed by atoms with van der Waals surface area (Å²) in [6.45, 7) is 2.90. The number of aryl methyl sites for hydroxylation is 3. The second-order valence-electron chi connectivity index (χ2n) is 5.00. The third-order valence-corrected chi connectivity index (χ3v) is 3.32. The molecule has 3 aromatic rings. The molecule has 0 aliphatic rings. The molecule has 0 unspecified atom stereocenters. The molecule has 0 saturated heterocycles. The average Bonchev–Trinajstić information content (AvgIpc) is 2.87. The van der Waals surface area contributed by atoms with Gasteiger partial charge in [-0.2, -0.15) is 0 Å². The van der Waals surface area contributed by atoms with Crippen molar-refractivity contribution in [1.29, 1.82) is 0 Å². The Morgan fingerprint density at radius 3 is 2.57 bits per heavy atom. The molecule has 106 valence electrons. The first-order chi connectivity index (χ1) is 10.3. The van der Waals surface area contributed by atoms with Crippen LogP contribution in [0.15, 0.2) is 61.1 Å². The topological polar surface area (TPSA) is 42.7 Å². The van der Waals surface area contributed by atoms with Crippen molar-refractivity contribution in [3.63, 3.8) is 0 Å². The number of nitrogens with one attached hydrogen (secondary N) is 1. The van der Waals surface area contributed by atoms with E-state index in [1.54, 1.807) is 0 Å². The standard InChI is InChI=1S/C17H18N4/c1-14-13-21(12-9-15-7-10-18-11-8-15)17(19-14)20-16-5-3-2-4-6-16/h2-8,10-11,13H,9,12H2,1H3,(H,19,20). The van der Waals surface area contributed by atoms with Crippen molar-refractivity contribution in [2.24, 2.45) is 0 Å². The quantitative estimate of drug-likeness (QED) is 0.775. The highest BCUT2D eigenvalue weighted by molar-refractivity contribution is 5.53.